The molecule has 120 valence electrons. The van der Waals surface area contributed by atoms with Crippen molar-refractivity contribution in [1.82, 2.24) is 10.2 Å². The first-order valence-corrected chi connectivity index (χ1v) is 7.52. The molecule has 0 bridgehead atoms. The fraction of sp³-hybridized carbons (Fsp3) is 0.353. The van der Waals surface area contributed by atoms with E-state index in [2.05, 4.69) is 15.2 Å². The largest absolute Gasteiger partial charge is 0.462 e. The van der Waals surface area contributed by atoms with Gasteiger partial charge in [0.25, 0.3) is 0 Å². The quantitative estimate of drug-likeness (QED) is 0.883. The van der Waals surface area contributed by atoms with Gasteiger partial charge in [-0.05, 0) is 32.4 Å². The number of hydrogen-bond donors (Lipinski definition) is 1. The molecular weight excluding hydrogens is 297 g/mol. The fourth-order valence-electron chi connectivity index (χ4n) is 2.96. The van der Waals surface area contributed by atoms with Crippen molar-refractivity contribution in [3.05, 3.63) is 47.4 Å². The third-order valence-electron chi connectivity index (χ3n) is 3.90. The normalized spacial score (nSPS) is 20.1. The maximum Gasteiger partial charge on any atom is 0.315 e. The van der Waals surface area contributed by atoms with E-state index in [1.54, 1.807) is 45.2 Å². The van der Waals surface area contributed by atoms with Gasteiger partial charge in [-0.1, -0.05) is 18.2 Å². The van der Waals surface area contributed by atoms with Gasteiger partial charge in [0, 0.05) is 17.2 Å². The van der Waals surface area contributed by atoms with Gasteiger partial charge in [0.15, 0.2) is 5.82 Å². The predicted octanol–water partition coefficient (Wildman–Crippen LogP) is 3.35. The van der Waals surface area contributed by atoms with Gasteiger partial charge in [-0.25, -0.2) is 9.38 Å². The lowest BCUT2D eigenvalue weighted by Gasteiger charge is -2.29. The van der Waals surface area contributed by atoms with Crippen molar-refractivity contribution in [3.8, 4) is 0 Å². The molecule has 1 aromatic carbocycles. The zero-order chi connectivity index (χ0) is 16.6. The van der Waals surface area contributed by atoms with Crippen molar-refractivity contribution < 1.29 is 13.9 Å². The number of benzene rings is 1. The number of fused-ring (bicyclic) bond motifs is 1. The summed E-state index contributed by atoms with van der Waals surface area (Å²) in [6, 6.07) is 6.45. The van der Waals surface area contributed by atoms with Crippen molar-refractivity contribution in [3.63, 3.8) is 0 Å². The van der Waals surface area contributed by atoms with Gasteiger partial charge < -0.3 is 4.74 Å². The summed E-state index contributed by atoms with van der Waals surface area (Å²) in [6.07, 6.45) is 1.35. The standard InChI is InChI=1S/C17H18FN3O2/c1-9(2)23-17(22)14-10(3)20-16-12(8-19-21-16)15(14)11-6-4-5-7-13(11)18/h4-9,14-15H,1-3H3,(H,19,21). The molecule has 0 saturated carbocycles. The molecule has 0 amide bonds. The minimum Gasteiger partial charge on any atom is -0.462 e. The maximum atomic E-state index is 14.4. The molecule has 2 heterocycles. The molecule has 3 rings (SSSR count). The average molecular weight is 315 g/mol. The van der Waals surface area contributed by atoms with Crippen LogP contribution in [0.5, 0.6) is 0 Å². The van der Waals surface area contributed by atoms with Crippen molar-refractivity contribution in [2.24, 2.45) is 10.9 Å². The second-order valence-electron chi connectivity index (χ2n) is 5.89. The number of esters is 1. The Kier molecular flexibility index (Phi) is 3.98. The van der Waals surface area contributed by atoms with Crippen molar-refractivity contribution in [2.75, 3.05) is 0 Å². The van der Waals surface area contributed by atoms with Crippen LogP contribution in [0.4, 0.5) is 10.2 Å². The van der Waals surface area contributed by atoms with E-state index in [1.165, 1.54) is 6.07 Å². The molecular formula is C17H18FN3O2. The average Bonchev–Trinajstić information content (AvgIpc) is 2.93. The Morgan fingerprint density at radius 2 is 2.04 bits per heavy atom. The van der Waals surface area contributed by atoms with Crippen LogP contribution >= 0.6 is 0 Å². The molecule has 2 atom stereocenters. The van der Waals surface area contributed by atoms with Crippen LogP contribution in [-0.4, -0.2) is 28.0 Å². The molecule has 1 aromatic heterocycles. The molecule has 0 fully saturated rings. The maximum absolute atomic E-state index is 14.4. The number of nitrogens with one attached hydrogen (secondary N) is 1. The number of H-pyrrole nitrogens is 1. The monoisotopic (exact) mass is 315 g/mol. The molecule has 6 heteroatoms. The molecule has 5 nitrogen and oxygen atoms in total. The summed E-state index contributed by atoms with van der Waals surface area (Å²) in [4.78, 5) is 17.0. The van der Waals surface area contributed by atoms with Crippen molar-refractivity contribution in [1.29, 1.82) is 0 Å². The van der Waals surface area contributed by atoms with E-state index >= 15 is 0 Å². The van der Waals surface area contributed by atoms with Crippen molar-refractivity contribution >= 4 is 17.5 Å². The summed E-state index contributed by atoms with van der Waals surface area (Å²) in [5, 5.41) is 6.79. The first kappa shape index (κ1) is 15.4. The number of aromatic nitrogens is 2. The van der Waals surface area contributed by atoms with Gasteiger partial charge in [0.1, 0.15) is 11.7 Å². The lowest BCUT2D eigenvalue weighted by Crippen LogP contribution is -2.34. The highest BCUT2D eigenvalue weighted by molar-refractivity contribution is 6.04. The number of carbonyl (C=O) groups excluding carboxylic acids is 1. The van der Waals surface area contributed by atoms with E-state index < -0.39 is 17.8 Å². The van der Waals surface area contributed by atoms with Gasteiger partial charge in [-0.3, -0.25) is 9.89 Å². The molecule has 2 unspecified atom stereocenters. The fourth-order valence-corrected chi connectivity index (χ4v) is 2.96. The van der Waals surface area contributed by atoms with E-state index in [0.29, 0.717) is 22.7 Å². The summed E-state index contributed by atoms with van der Waals surface area (Å²) in [7, 11) is 0. The van der Waals surface area contributed by atoms with E-state index in [-0.39, 0.29) is 11.9 Å². The number of nitrogens with zero attached hydrogens (tertiary/aromatic N) is 2. The summed E-state index contributed by atoms with van der Waals surface area (Å²) in [6.45, 7) is 5.33. The number of rotatable bonds is 3. The zero-order valence-electron chi connectivity index (χ0n) is 13.2. The van der Waals surface area contributed by atoms with Gasteiger partial charge in [-0.15, -0.1) is 0 Å². The highest BCUT2D eigenvalue weighted by atomic mass is 19.1. The molecule has 0 radical (unpaired) electrons. The molecule has 0 aliphatic carbocycles. The molecule has 0 spiro atoms. The first-order chi connectivity index (χ1) is 11.0. The molecule has 1 aliphatic rings. The summed E-state index contributed by atoms with van der Waals surface area (Å²) in [5.74, 6) is -1.37. The minimum absolute atomic E-state index is 0.248. The Hall–Kier alpha value is -2.50. The van der Waals surface area contributed by atoms with Gasteiger partial charge in [-0.2, -0.15) is 5.10 Å². The number of aliphatic imine (C=N–C) groups is 1. The van der Waals surface area contributed by atoms with E-state index in [0.717, 1.165) is 0 Å². The highest BCUT2D eigenvalue weighted by Crippen LogP contribution is 2.42. The molecule has 1 N–H and O–H groups in total. The summed E-state index contributed by atoms with van der Waals surface area (Å²) in [5.41, 5.74) is 1.72. The Bertz CT molecular complexity index is 767. The van der Waals surface area contributed by atoms with Gasteiger partial charge in [0.05, 0.1) is 12.3 Å². The van der Waals surface area contributed by atoms with Crippen molar-refractivity contribution in [2.45, 2.75) is 32.8 Å². The Balaban J connectivity index is 2.13. The van der Waals surface area contributed by atoms with Crippen LogP contribution in [0.15, 0.2) is 35.5 Å². The van der Waals surface area contributed by atoms with Gasteiger partial charge >= 0.3 is 5.97 Å². The second-order valence-corrected chi connectivity index (χ2v) is 5.89. The van der Waals surface area contributed by atoms with Crippen LogP contribution in [0.2, 0.25) is 0 Å². The summed E-state index contributed by atoms with van der Waals surface area (Å²) >= 11 is 0. The van der Waals surface area contributed by atoms with Crippen LogP contribution in [0, 0.1) is 11.7 Å². The topological polar surface area (TPSA) is 67.3 Å². The molecule has 1 aliphatic heterocycles. The van der Waals surface area contributed by atoms with Crippen LogP contribution in [0.3, 0.4) is 0 Å². The van der Waals surface area contributed by atoms with Crippen LogP contribution < -0.4 is 0 Å². The SMILES string of the molecule is CC1=Nc2[nH]ncc2C(c2ccccc2F)C1C(=O)OC(C)C. The lowest BCUT2D eigenvalue weighted by atomic mass is 9.77. The van der Waals surface area contributed by atoms with E-state index in [1.807, 2.05) is 0 Å². The molecule has 23 heavy (non-hydrogen) atoms. The third kappa shape index (κ3) is 2.76. The number of ether oxygens (including phenoxy) is 1. The van der Waals surface area contributed by atoms with Crippen LogP contribution in [-0.2, 0) is 9.53 Å². The third-order valence-corrected chi connectivity index (χ3v) is 3.90. The number of carbonyl (C=O) groups is 1. The number of hydrogen-bond acceptors (Lipinski definition) is 4. The van der Waals surface area contributed by atoms with E-state index in [9.17, 15) is 9.18 Å². The Morgan fingerprint density at radius 1 is 1.30 bits per heavy atom. The zero-order valence-corrected chi connectivity index (χ0v) is 13.2. The van der Waals surface area contributed by atoms with E-state index in [4.69, 9.17) is 4.74 Å². The van der Waals surface area contributed by atoms with Gasteiger partial charge in [0.2, 0.25) is 0 Å². The molecule has 2 aromatic rings. The number of halogens is 1. The second kappa shape index (κ2) is 5.95. The lowest BCUT2D eigenvalue weighted by molar-refractivity contribution is -0.150. The summed E-state index contributed by atoms with van der Waals surface area (Å²) < 4.78 is 19.7. The number of aromatic amines is 1. The highest BCUT2D eigenvalue weighted by Gasteiger charge is 2.40. The minimum atomic E-state index is -0.667. The molecule has 0 saturated heterocycles. The Morgan fingerprint density at radius 3 is 2.74 bits per heavy atom. The van der Waals surface area contributed by atoms with Crippen LogP contribution in [0.25, 0.3) is 0 Å². The van der Waals surface area contributed by atoms with Crippen LogP contribution in [0.1, 0.15) is 37.8 Å². The predicted molar refractivity (Wildman–Crippen MR) is 84.3 cm³/mol. The smallest absolute Gasteiger partial charge is 0.315 e. The Labute approximate surface area is 133 Å². The first-order valence-electron chi connectivity index (χ1n) is 7.52.